The van der Waals surface area contributed by atoms with Crippen LogP contribution in [0.2, 0.25) is 0 Å². The van der Waals surface area contributed by atoms with Crippen LogP contribution in [0.5, 0.6) is 0 Å². The number of rotatable bonds is 5. The highest BCUT2D eigenvalue weighted by Gasteiger charge is 2.36. The van der Waals surface area contributed by atoms with Crippen molar-refractivity contribution in [3.05, 3.63) is 58.7 Å². The first-order valence-electron chi connectivity index (χ1n) is 7.78. The summed E-state index contributed by atoms with van der Waals surface area (Å²) in [4.78, 5) is 22.3. The fraction of sp³-hybridized carbons (Fsp3) is 0.400. The number of carbonyl (C=O) groups is 2. The van der Waals surface area contributed by atoms with Gasteiger partial charge in [0.1, 0.15) is 12.4 Å². The van der Waals surface area contributed by atoms with Crippen LogP contribution in [0.1, 0.15) is 41.0 Å². The Hall–Kier alpha value is -2.00. The Labute approximate surface area is 138 Å². The second-order valence-electron chi connectivity index (χ2n) is 6.66. The predicted molar refractivity (Wildman–Crippen MR) is 94.0 cm³/mol. The summed E-state index contributed by atoms with van der Waals surface area (Å²) in [6.07, 6.45) is 11.4. The summed E-state index contributed by atoms with van der Waals surface area (Å²) in [5.41, 5.74) is 3.31. The van der Waals surface area contributed by atoms with Gasteiger partial charge in [0.15, 0.2) is 5.78 Å². The zero-order valence-electron chi connectivity index (χ0n) is 14.6. The van der Waals surface area contributed by atoms with Gasteiger partial charge in [-0.15, -0.1) is 0 Å². The fourth-order valence-electron chi connectivity index (χ4n) is 2.71. The number of hydrogen-bond acceptors (Lipinski definition) is 3. The highest BCUT2D eigenvalue weighted by molar-refractivity contribution is 6.00. The van der Waals surface area contributed by atoms with Gasteiger partial charge in [-0.05, 0) is 55.4 Å². The molecule has 0 fully saturated rings. The fourth-order valence-corrected chi connectivity index (χ4v) is 2.71. The van der Waals surface area contributed by atoms with Gasteiger partial charge in [-0.1, -0.05) is 49.8 Å². The molecule has 0 bridgehead atoms. The Balaban J connectivity index is 2.96. The average molecular weight is 314 g/mol. The monoisotopic (exact) mass is 314 g/mol. The first-order chi connectivity index (χ1) is 10.7. The van der Waals surface area contributed by atoms with E-state index in [1.165, 1.54) is 6.08 Å². The maximum absolute atomic E-state index is 12.0. The second-order valence-corrected chi connectivity index (χ2v) is 6.66. The number of allylic oxidation sites excluding steroid dienone is 9. The molecule has 0 spiro atoms. The zero-order chi connectivity index (χ0) is 17.6. The standard InChI is InChI=1S/C20H26O3/c1-14(7-6-8-15(2)11-12-21)9-10-17-16(3)19(23)18(22)13-20(17,4)5/h6-12,18,22H,13H2,1-5H3/b8-6+,10-9+,14-7+,15-11+. The van der Waals surface area contributed by atoms with Gasteiger partial charge in [-0.25, -0.2) is 0 Å². The molecule has 0 saturated carbocycles. The summed E-state index contributed by atoms with van der Waals surface area (Å²) in [6.45, 7) is 9.69. The molecule has 1 atom stereocenters. The molecule has 3 nitrogen and oxygen atoms in total. The molecular formula is C20H26O3. The molecule has 0 aliphatic heterocycles. The van der Waals surface area contributed by atoms with E-state index >= 15 is 0 Å². The third-order valence-electron chi connectivity index (χ3n) is 4.07. The molecule has 1 unspecified atom stereocenters. The Morgan fingerprint density at radius 2 is 1.78 bits per heavy atom. The van der Waals surface area contributed by atoms with Gasteiger partial charge in [0.05, 0.1) is 0 Å². The molecule has 124 valence electrons. The van der Waals surface area contributed by atoms with Crippen LogP contribution in [0, 0.1) is 5.41 Å². The molecular weight excluding hydrogens is 288 g/mol. The summed E-state index contributed by atoms with van der Waals surface area (Å²) in [6, 6.07) is 0. The van der Waals surface area contributed by atoms with Crippen molar-refractivity contribution < 1.29 is 14.7 Å². The van der Waals surface area contributed by atoms with Gasteiger partial charge in [-0.3, -0.25) is 9.59 Å². The lowest BCUT2D eigenvalue weighted by molar-refractivity contribution is -0.125. The van der Waals surface area contributed by atoms with Crippen LogP contribution in [0.15, 0.2) is 58.7 Å². The number of Topliss-reactive ketones (excluding diaryl/α,β-unsaturated/α-hetero) is 1. The minimum absolute atomic E-state index is 0.180. The van der Waals surface area contributed by atoms with Crippen LogP contribution in [0.4, 0.5) is 0 Å². The second kappa shape index (κ2) is 8.02. The lowest BCUT2D eigenvalue weighted by atomic mass is 9.71. The maximum atomic E-state index is 12.0. The van der Waals surface area contributed by atoms with Crippen molar-refractivity contribution in [2.75, 3.05) is 0 Å². The Morgan fingerprint density at radius 3 is 2.39 bits per heavy atom. The molecule has 1 rings (SSSR count). The number of hydrogen-bond donors (Lipinski definition) is 1. The summed E-state index contributed by atoms with van der Waals surface area (Å²) in [5.74, 6) is -0.180. The van der Waals surface area contributed by atoms with Gasteiger partial charge in [0.25, 0.3) is 0 Å². The number of ketones is 1. The zero-order valence-corrected chi connectivity index (χ0v) is 14.6. The van der Waals surface area contributed by atoms with Crippen LogP contribution in [0.25, 0.3) is 0 Å². The van der Waals surface area contributed by atoms with E-state index in [4.69, 9.17) is 0 Å². The predicted octanol–water partition coefficient (Wildman–Crippen LogP) is 3.87. The molecule has 23 heavy (non-hydrogen) atoms. The smallest absolute Gasteiger partial charge is 0.187 e. The van der Waals surface area contributed by atoms with E-state index in [2.05, 4.69) is 0 Å². The van der Waals surface area contributed by atoms with E-state index in [9.17, 15) is 14.7 Å². The third kappa shape index (κ3) is 5.29. The van der Waals surface area contributed by atoms with Crippen LogP contribution >= 0.6 is 0 Å². The largest absolute Gasteiger partial charge is 0.385 e. The van der Waals surface area contributed by atoms with Gasteiger partial charge in [0.2, 0.25) is 0 Å². The van der Waals surface area contributed by atoms with E-state index in [0.29, 0.717) is 12.0 Å². The summed E-state index contributed by atoms with van der Waals surface area (Å²) in [5, 5.41) is 9.83. The first kappa shape index (κ1) is 19.0. The topological polar surface area (TPSA) is 54.4 Å². The Bertz CT molecular complexity index is 625. The SMILES string of the molecule is CC1=C(/C=C/C(C)=C/C=C/C(C)=C/C=O)C(C)(C)CC(O)C1=O. The van der Waals surface area contributed by atoms with Crippen LogP contribution in [0.3, 0.4) is 0 Å². The maximum Gasteiger partial charge on any atom is 0.187 e. The van der Waals surface area contributed by atoms with Gasteiger partial charge in [0, 0.05) is 0 Å². The van der Waals surface area contributed by atoms with Crippen molar-refractivity contribution in [3.8, 4) is 0 Å². The van der Waals surface area contributed by atoms with E-state index in [-0.39, 0.29) is 11.2 Å². The molecule has 0 radical (unpaired) electrons. The van der Waals surface area contributed by atoms with Crippen LogP contribution in [-0.2, 0) is 9.59 Å². The Kier molecular flexibility index (Phi) is 6.64. The van der Waals surface area contributed by atoms with E-state index < -0.39 is 6.10 Å². The van der Waals surface area contributed by atoms with Gasteiger partial charge < -0.3 is 5.11 Å². The lowest BCUT2D eigenvalue weighted by Crippen LogP contribution is -2.35. The van der Waals surface area contributed by atoms with Crippen molar-refractivity contribution >= 4 is 12.1 Å². The van der Waals surface area contributed by atoms with Crippen molar-refractivity contribution in [3.63, 3.8) is 0 Å². The normalized spacial score (nSPS) is 23.2. The molecule has 0 amide bonds. The van der Waals surface area contributed by atoms with E-state index in [1.807, 2.05) is 58.1 Å². The van der Waals surface area contributed by atoms with Crippen molar-refractivity contribution in [1.82, 2.24) is 0 Å². The van der Waals surface area contributed by atoms with Crippen LogP contribution in [-0.4, -0.2) is 23.3 Å². The number of carbonyl (C=O) groups excluding carboxylic acids is 2. The minimum atomic E-state index is -0.894. The summed E-state index contributed by atoms with van der Waals surface area (Å²) >= 11 is 0. The molecule has 1 aliphatic carbocycles. The molecule has 0 saturated heterocycles. The van der Waals surface area contributed by atoms with Crippen molar-refractivity contribution in [1.29, 1.82) is 0 Å². The van der Waals surface area contributed by atoms with E-state index in [1.54, 1.807) is 6.92 Å². The molecule has 3 heteroatoms. The number of aldehydes is 1. The molecule has 0 aromatic heterocycles. The summed E-state index contributed by atoms with van der Waals surface area (Å²) in [7, 11) is 0. The number of aliphatic hydroxyl groups is 1. The van der Waals surface area contributed by atoms with E-state index in [0.717, 1.165) is 23.0 Å². The lowest BCUT2D eigenvalue weighted by Gasteiger charge is -2.34. The third-order valence-corrected chi connectivity index (χ3v) is 4.07. The average Bonchev–Trinajstić information content (AvgIpc) is 2.44. The minimum Gasteiger partial charge on any atom is -0.385 e. The number of aliphatic hydroxyl groups excluding tert-OH is 1. The quantitative estimate of drug-likeness (QED) is 0.476. The Morgan fingerprint density at radius 1 is 1.17 bits per heavy atom. The van der Waals surface area contributed by atoms with Crippen molar-refractivity contribution in [2.45, 2.75) is 47.1 Å². The molecule has 0 aromatic carbocycles. The van der Waals surface area contributed by atoms with Crippen molar-refractivity contribution in [2.24, 2.45) is 5.41 Å². The van der Waals surface area contributed by atoms with Gasteiger partial charge in [-0.2, -0.15) is 0 Å². The molecule has 1 N–H and O–H groups in total. The highest BCUT2D eigenvalue weighted by atomic mass is 16.3. The van der Waals surface area contributed by atoms with Gasteiger partial charge >= 0.3 is 0 Å². The first-order valence-corrected chi connectivity index (χ1v) is 7.78. The molecule has 1 aliphatic rings. The van der Waals surface area contributed by atoms with Crippen LogP contribution < -0.4 is 0 Å². The highest BCUT2D eigenvalue weighted by Crippen LogP contribution is 2.39. The summed E-state index contributed by atoms with van der Waals surface area (Å²) < 4.78 is 0. The molecule has 0 heterocycles. The molecule has 0 aromatic rings.